The third-order valence-corrected chi connectivity index (χ3v) is 7.09. The number of aromatic amines is 1. The third-order valence-electron chi connectivity index (χ3n) is 5.92. The fourth-order valence-corrected chi connectivity index (χ4v) is 5.48. The lowest BCUT2D eigenvalue weighted by Crippen LogP contribution is -2.28. The lowest BCUT2D eigenvalue weighted by molar-refractivity contribution is -0.121. The van der Waals surface area contributed by atoms with Crippen LogP contribution in [-0.4, -0.2) is 25.5 Å². The molecule has 1 amide bonds. The first-order valence-corrected chi connectivity index (χ1v) is 11.0. The fraction of sp³-hybridized carbons (Fsp3) is 0.318. The van der Waals surface area contributed by atoms with E-state index in [1.54, 1.807) is 30.4 Å². The molecule has 0 unspecified atom stereocenters. The Morgan fingerprint density at radius 3 is 3.03 bits per heavy atom. The number of hydrogen-bond acceptors (Lipinski definition) is 6. The van der Waals surface area contributed by atoms with Crippen LogP contribution in [0.5, 0.6) is 5.88 Å². The number of thiophene rings is 1. The summed E-state index contributed by atoms with van der Waals surface area (Å²) in [7, 11) is 0. The zero-order valence-corrected chi connectivity index (χ0v) is 17.9. The van der Waals surface area contributed by atoms with E-state index in [-0.39, 0.29) is 17.1 Å². The van der Waals surface area contributed by atoms with Crippen LogP contribution in [0.15, 0.2) is 45.6 Å². The minimum absolute atomic E-state index is 0.162. The predicted molar refractivity (Wildman–Crippen MR) is 119 cm³/mol. The first kappa shape index (κ1) is 19.6. The van der Waals surface area contributed by atoms with Crippen molar-refractivity contribution in [2.24, 2.45) is 16.1 Å². The molecule has 9 heteroatoms. The molecule has 8 nitrogen and oxygen atoms in total. The first-order chi connectivity index (χ1) is 14.9. The minimum Gasteiger partial charge on any atom is -0.493 e. The van der Waals surface area contributed by atoms with Gasteiger partial charge in [-0.25, -0.2) is 4.98 Å². The standard InChI is InChI=1S/C22H21N5O3S/c1-11-7-8-14-16(9-11)31-21-17(14)22(30)27(10-23-21)12(2)19(28)26-25-18-13-5-3-4-6-15(13)24-20(18)29/h3-6,10-12,24,29H,7-9H2,1-2H3/t11-,12+/m0/s1. The molecule has 3 heterocycles. The number of nitrogens with zero attached hydrogens (tertiary/aromatic N) is 4. The molecule has 0 saturated carbocycles. The predicted octanol–water partition coefficient (Wildman–Crippen LogP) is 4.64. The highest BCUT2D eigenvalue weighted by Crippen LogP contribution is 2.36. The summed E-state index contributed by atoms with van der Waals surface area (Å²) in [5, 5.41) is 19.1. The molecular formula is C22H21N5O3S. The molecule has 1 aromatic carbocycles. The maximum absolute atomic E-state index is 13.2. The number of carbonyl (C=O) groups is 1. The maximum Gasteiger partial charge on any atom is 0.287 e. The molecule has 0 fully saturated rings. The first-order valence-electron chi connectivity index (χ1n) is 10.2. The molecular weight excluding hydrogens is 414 g/mol. The van der Waals surface area contributed by atoms with Crippen molar-refractivity contribution < 1.29 is 9.90 Å². The fourth-order valence-electron chi connectivity index (χ4n) is 4.14. The van der Waals surface area contributed by atoms with E-state index in [0.29, 0.717) is 22.2 Å². The Kier molecular flexibility index (Phi) is 4.70. The number of aromatic hydroxyl groups is 1. The average Bonchev–Trinajstić information content (AvgIpc) is 3.28. The van der Waals surface area contributed by atoms with Gasteiger partial charge in [0.15, 0.2) is 5.69 Å². The van der Waals surface area contributed by atoms with Crippen LogP contribution >= 0.6 is 11.3 Å². The van der Waals surface area contributed by atoms with Crippen molar-refractivity contribution in [3.8, 4) is 5.88 Å². The number of aryl methyl sites for hydroxylation is 1. The summed E-state index contributed by atoms with van der Waals surface area (Å²) < 4.78 is 1.32. The summed E-state index contributed by atoms with van der Waals surface area (Å²) in [4.78, 5) is 35.1. The number of nitrogens with one attached hydrogen (secondary N) is 1. The number of fused-ring (bicyclic) bond motifs is 4. The van der Waals surface area contributed by atoms with Crippen molar-refractivity contribution in [3.63, 3.8) is 0 Å². The number of aromatic nitrogens is 3. The Hall–Kier alpha value is -3.33. The Labute approximate surface area is 181 Å². The number of rotatable bonds is 3. The second kappa shape index (κ2) is 7.42. The zero-order chi connectivity index (χ0) is 21.7. The molecule has 2 atom stereocenters. The number of hydrogen-bond donors (Lipinski definition) is 2. The van der Waals surface area contributed by atoms with Gasteiger partial charge in [0.05, 0.1) is 17.2 Å². The van der Waals surface area contributed by atoms with Crippen LogP contribution in [0.4, 0.5) is 5.69 Å². The summed E-state index contributed by atoms with van der Waals surface area (Å²) >= 11 is 1.58. The quantitative estimate of drug-likeness (QED) is 0.456. The van der Waals surface area contributed by atoms with Gasteiger partial charge in [-0.2, -0.15) is 0 Å². The van der Waals surface area contributed by atoms with Crippen molar-refractivity contribution in [1.82, 2.24) is 14.5 Å². The number of H-pyrrole nitrogens is 1. The van der Waals surface area contributed by atoms with Crippen molar-refractivity contribution in [2.75, 3.05) is 0 Å². The van der Waals surface area contributed by atoms with E-state index in [1.165, 1.54) is 15.8 Å². The number of carbonyl (C=O) groups excluding carboxylic acids is 1. The van der Waals surface area contributed by atoms with E-state index in [0.717, 1.165) is 29.7 Å². The van der Waals surface area contributed by atoms with Crippen LogP contribution in [0.1, 0.15) is 36.8 Å². The molecule has 4 aromatic rings. The molecule has 0 spiro atoms. The van der Waals surface area contributed by atoms with Crippen LogP contribution < -0.4 is 5.56 Å². The van der Waals surface area contributed by atoms with E-state index in [1.807, 2.05) is 12.1 Å². The van der Waals surface area contributed by atoms with Crippen LogP contribution in [0.2, 0.25) is 0 Å². The van der Waals surface area contributed by atoms with Gasteiger partial charge < -0.3 is 10.1 Å². The van der Waals surface area contributed by atoms with Gasteiger partial charge in [0, 0.05) is 10.3 Å². The Morgan fingerprint density at radius 1 is 1.39 bits per heavy atom. The van der Waals surface area contributed by atoms with E-state index >= 15 is 0 Å². The van der Waals surface area contributed by atoms with Gasteiger partial charge in [-0.15, -0.1) is 21.6 Å². The van der Waals surface area contributed by atoms with Gasteiger partial charge in [0.25, 0.3) is 11.5 Å². The van der Waals surface area contributed by atoms with E-state index in [2.05, 4.69) is 27.1 Å². The second-order valence-electron chi connectivity index (χ2n) is 8.07. The molecule has 31 heavy (non-hydrogen) atoms. The van der Waals surface area contributed by atoms with Crippen molar-refractivity contribution >= 4 is 44.1 Å². The lowest BCUT2D eigenvalue weighted by Gasteiger charge is -2.17. The molecule has 0 saturated heterocycles. The molecule has 2 N–H and O–H groups in total. The van der Waals surface area contributed by atoms with Crippen molar-refractivity contribution in [1.29, 1.82) is 0 Å². The van der Waals surface area contributed by atoms with Gasteiger partial charge in [0.1, 0.15) is 10.9 Å². The number of amides is 1. The van der Waals surface area contributed by atoms with Crippen LogP contribution in [-0.2, 0) is 17.6 Å². The molecule has 1 aliphatic rings. The molecule has 5 rings (SSSR count). The number of para-hydroxylation sites is 1. The summed E-state index contributed by atoms with van der Waals surface area (Å²) in [6, 6.07) is 6.34. The second-order valence-corrected chi connectivity index (χ2v) is 9.15. The Bertz CT molecular complexity index is 1410. The summed E-state index contributed by atoms with van der Waals surface area (Å²) in [6.45, 7) is 3.82. The smallest absolute Gasteiger partial charge is 0.287 e. The van der Waals surface area contributed by atoms with E-state index in [4.69, 9.17) is 0 Å². The summed E-state index contributed by atoms with van der Waals surface area (Å²) in [6.07, 6.45) is 4.28. The summed E-state index contributed by atoms with van der Waals surface area (Å²) in [5.74, 6) is -0.153. The molecule has 0 bridgehead atoms. The summed E-state index contributed by atoms with van der Waals surface area (Å²) in [5.41, 5.74) is 1.74. The molecule has 1 aliphatic carbocycles. The highest BCUT2D eigenvalue weighted by Gasteiger charge is 2.25. The highest BCUT2D eigenvalue weighted by molar-refractivity contribution is 7.18. The Morgan fingerprint density at radius 2 is 2.19 bits per heavy atom. The number of benzene rings is 1. The third kappa shape index (κ3) is 3.25. The lowest BCUT2D eigenvalue weighted by atomic mass is 9.89. The topological polar surface area (TPSA) is 113 Å². The van der Waals surface area contributed by atoms with E-state index < -0.39 is 11.9 Å². The van der Waals surface area contributed by atoms with E-state index in [9.17, 15) is 14.7 Å². The molecule has 0 radical (unpaired) electrons. The van der Waals surface area contributed by atoms with Gasteiger partial charge in [-0.3, -0.25) is 14.2 Å². The monoisotopic (exact) mass is 435 g/mol. The largest absolute Gasteiger partial charge is 0.493 e. The van der Waals surface area contributed by atoms with Crippen LogP contribution in [0, 0.1) is 5.92 Å². The van der Waals surface area contributed by atoms with Gasteiger partial charge in [-0.05, 0) is 43.7 Å². The maximum atomic E-state index is 13.2. The van der Waals surface area contributed by atoms with Crippen molar-refractivity contribution in [3.05, 3.63) is 51.4 Å². The highest BCUT2D eigenvalue weighted by atomic mass is 32.1. The van der Waals surface area contributed by atoms with Crippen LogP contribution in [0.25, 0.3) is 21.1 Å². The molecule has 0 aliphatic heterocycles. The molecule has 158 valence electrons. The van der Waals surface area contributed by atoms with Crippen LogP contribution in [0.3, 0.4) is 0 Å². The normalized spacial score (nSPS) is 17.4. The van der Waals surface area contributed by atoms with Gasteiger partial charge in [-0.1, -0.05) is 25.1 Å². The average molecular weight is 436 g/mol. The zero-order valence-electron chi connectivity index (χ0n) is 17.1. The van der Waals surface area contributed by atoms with Gasteiger partial charge in [0.2, 0.25) is 5.88 Å². The van der Waals surface area contributed by atoms with Crippen molar-refractivity contribution in [2.45, 2.75) is 39.2 Å². The van der Waals surface area contributed by atoms with Gasteiger partial charge >= 0.3 is 0 Å². The number of azo groups is 1. The Balaban J connectivity index is 1.48. The SMILES string of the molecule is C[C@H]1CCc2c(sc3ncn([C@H](C)C(=O)N=Nc4c(O)[nH]c5ccccc45)c(=O)c23)C1. The molecule has 3 aromatic heterocycles. The minimum atomic E-state index is -0.862.